The van der Waals surface area contributed by atoms with Gasteiger partial charge in [-0.3, -0.25) is 0 Å². The fourth-order valence-corrected chi connectivity index (χ4v) is 1.10. The zero-order valence-electron chi connectivity index (χ0n) is 6.00. The molecule has 1 atom stereocenters. The monoisotopic (exact) mass is 162 g/mol. The van der Waals surface area contributed by atoms with Crippen molar-refractivity contribution >= 4 is 13.8 Å². The molecule has 0 heterocycles. The van der Waals surface area contributed by atoms with E-state index in [0.29, 0.717) is 19.3 Å². The molecule has 58 valence electrons. The summed E-state index contributed by atoms with van der Waals surface area (Å²) < 4.78 is 10.00. The molecule has 0 saturated carbocycles. The standard InChI is InChI=1S/C6H11O3P/c1-6(7)4-2-3-5-10(8)9/h2-5H2,1H3. The van der Waals surface area contributed by atoms with Crippen LogP contribution in [0.4, 0.5) is 0 Å². The first-order valence-electron chi connectivity index (χ1n) is 3.24. The lowest BCUT2D eigenvalue weighted by Gasteiger charge is -1.91. The smallest absolute Gasteiger partial charge is 0.308 e. The molecular formula is C6H11O3P. The van der Waals surface area contributed by atoms with Crippen molar-refractivity contribution in [3.63, 3.8) is 0 Å². The Labute approximate surface area is 61.3 Å². The number of Topliss-reactive ketones (excluding diaryl/α,β-unsaturated/α-hetero) is 1. The maximum Gasteiger partial charge on any atom is 0.308 e. The zero-order chi connectivity index (χ0) is 7.98. The van der Waals surface area contributed by atoms with Gasteiger partial charge in [-0.25, -0.2) is 0 Å². The van der Waals surface area contributed by atoms with Gasteiger partial charge < -0.3 is 9.69 Å². The number of hydrogen-bond acceptors (Lipinski definition) is 3. The molecule has 4 heteroatoms. The Bertz CT molecular complexity index is 117. The summed E-state index contributed by atoms with van der Waals surface area (Å²) in [6.45, 7) is 1.51. The van der Waals surface area contributed by atoms with Gasteiger partial charge in [0.05, 0.1) is 0 Å². The van der Waals surface area contributed by atoms with Crippen LogP contribution in [0.2, 0.25) is 0 Å². The molecule has 0 aliphatic heterocycles. The first-order valence-corrected chi connectivity index (χ1v) is 4.60. The third-order valence-electron chi connectivity index (χ3n) is 1.12. The normalized spacial score (nSPS) is 11.2. The van der Waals surface area contributed by atoms with Crippen LogP contribution in [-0.4, -0.2) is 11.9 Å². The summed E-state index contributed by atoms with van der Waals surface area (Å²) in [7, 11) is -2.24. The summed E-state index contributed by atoms with van der Waals surface area (Å²) in [6, 6.07) is 0. The van der Waals surface area contributed by atoms with Crippen LogP contribution in [0.3, 0.4) is 0 Å². The molecule has 0 bridgehead atoms. The number of unbranched alkanes of at least 4 members (excludes halogenated alkanes) is 1. The molecule has 0 aliphatic carbocycles. The van der Waals surface area contributed by atoms with E-state index < -0.39 is 8.03 Å². The lowest BCUT2D eigenvalue weighted by atomic mass is 10.2. The molecule has 0 rings (SSSR count). The highest BCUT2D eigenvalue weighted by atomic mass is 31.1. The van der Waals surface area contributed by atoms with Crippen molar-refractivity contribution in [2.75, 3.05) is 6.16 Å². The summed E-state index contributed by atoms with van der Waals surface area (Å²) in [4.78, 5) is 20.3. The molecule has 0 aromatic carbocycles. The average molecular weight is 162 g/mol. The quantitative estimate of drug-likeness (QED) is 0.444. The minimum absolute atomic E-state index is 0.126. The SMILES string of the molecule is CC(=O)CCCC[P+](=O)[O-]. The van der Waals surface area contributed by atoms with Gasteiger partial charge in [0.25, 0.3) is 0 Å². The molecule has 0 fully saturated rings. The van der Waals surface area contributed by atoms with Gasteiger partial charge in [-0.05, 0) is 19.8 Å². The number of ketones is 1. The van der Waals surface area contributed by atoms with Crippen LogP contribution in [0.5, 0.6) is 0 Å². The van der Waals surface area contributed by atoms with Crippen LogP contribution in [0.15, 0.2) is 0 Å². The zero-order valence-corrected chi connectivity index (χ0v) is 6.89. The number of hydrogen-bond donors (Lipinski definition) is 0. The second-order valence-corrected chi connectivity index (χ2v) is 3.33. The molecule has 0 aromatic rings. The van der Waals surface area contributed by atoms with Crippen LogP contribution in [0.1, 0.15) is 26.2 Å². The predicted molar refractivity (Wildman–Crippen MR) is 37.0 cm³/mol. The Morgan fingerprint density at radius 3 is 2.50 bits per heavy atom. The first kappa shape index (κ1) is 9.73. The van der Waals surface area contributed by atoms with Crippen LogP contribution in [0.25, 0.3) is 0 Å². The van der Waals surface area contributed by atoms with Crippen LogP contribution >= 0.6 is 8.03 Å². The van der Waals surface area contributed by atoms with Gasteiger partial charge in [-0.2, -0.15) is 0 Å². The van der Waals surface area contributed by atoms with Gasteiger partial charge in [0, 0.05) is 6.42 Å². The number of carbonyl (C=O) groups excluding carboxylic acids is 1. The molecule has 0 amide bonds. The van der Waals surface area contributed by atoms with Crippen molar-refractivity contribution in [1.82, 2.24) is 0 Å². The summed E-state index contributed by atoms with van der Waals surface area (Å²) in [5.41, 5.74) is 0. The Kier molecular flexibility index (Phi) is 5.36. The van der Waals surface area contributed by atoms with Gasteiger partial charge >= 0.3 is 8.03 Å². The van der Waals surface area contributed by atoms with Crippen molar-refractivity contribution in [2.45, 2.75) is 26.2 Å². The Hall–Kier alpha value is -0.270. The van der Waals surface area contributed by atoms with Gasteiger partial charge in [0.1, 0.15) is 11.9 Å². The largest absolute Gasteiger partial charge is 0.596 e. The molecule has 0 radical (unpaired) electrons. The highest BCUT2D eigenvalue weighted by Gasteiger charge is 2.00. The van der Waals surface area contributed by atoms with E-state index in [0.717, 1.165) is 0 Å². The predicted octanol–water partition coefficient (Wildman–Crippen LogP) is 0.848. The van der Waals surface area contributed by atoms with Crippen molar-refractivity contribution in [3.8, 4) is 0 Å². The van der Waals surface area contributed by atoms with Gasteiger partial charge in [-0.15, -0.1) is 0 Å². The van der Waals surface area contributed by atoms with Crippen molar-refractivity contribution in [1.29, 1.82) is 0 Å². The highest BCUT2D eigenvalue weighted by molar-refractivity contribution is 7.36. The Morgan fingerprint density at radius 1 is 1.50 bits per heavy atom. The average Bonchev–Trinajstić information content (AvgIpc) is 1.79. The van der Waals surface area contributed by atoms with E-state index >= 15 is 0 Å². The van der Waals surface area contributed by atoms with Crippen LogP contribution in [-0.2, 0) is 9.36 Å². The molecule has 1 unspecified atom stereocenters. The Balaban J connectivity index is 3.06. The van der Waals surface area contributed by atoms with E-state index in [2.05, 4.69) is 0 Å². The maximum atomic E-state index is 10.3. The second kappa shape index (κ2) is 5.51. The fraction of sp³-hybridized carbons (Fsp3) is 0.833. The fourth-order valence-electron chi connectivity index (χ4n) is 0.615. The summed E-state index contributed by atoms with van der Waals surface area (Å²) in [5.74, 6) is 0.126. The van der Waals surface area contributed by atoms with Crippen LogP contribution < -0.4 is 4.89 Å². The number of carbonyl (C=O) groups is 1. The van der Waals surface area contributed by atoms with E-state index in [1.807, 2.05) is 0 Å². The van der Waals surface area contributed by atoms with E-state index in [1.54, 1.807) is 0 Å². The molecule has 0 saturated heterocycles. The topological polar surface area (TPSA) is 57.2 Å². The molecular weight excluding hydrogens is 151 g/mol. The lowest BCUT2D eigenvalue weighted by molar-refractivity contribution is -0.164. The van der Waals surface area contributed by atoms with Crippen molar-refractivity contribution in [3.05, 3.63) is 0 Å². The minimum Gasteiger partial charge on any atom is -0.596 e. The molecule has 0 aromatic heterocycles. The maximum absolute atomic E-state index is 10.3. The third-order valence-corrected chi connectivity index (χ3v) is 1.80. The number of rotatable bonds is 5. The van der Waals surface area contributed by atoms with E-state index in [4.69, 9.17) is 0 Å². The molecule has 0 spiro atoms. The lowest BCUT2D eigenvalue weighted by Crippen LogP contribution is -1.94. The van der Waals surface area contributed by atoms with E-state index in [-0.39, 0.29) is 11.9 Å². The second-order valence-electron chi connectivity index (χ2n) is 2.22. The summed E-state index contributed by atoms with van der Waals surface area (Å²) >= 11 is 0. The summed E-state index contributed by atoms with van der Waals surface area (Å²) in [5, 5.41) is 0. The molecule has 0 aliphatic rings. The van der Waals surface area contributed by atoms with Gasteiger partial charge in [-0.1, -0.05) is 4.57 Å². The van der Waals surface area contributed by atoms with Gasteiger partial charge in [0.2, 0.25) is 0 Å². The van der Waals surface area contributed by atoms with Crippen molar-refractivity contribution < 1.29 is 14.3 Å². The van der Waals surface area contributed by atoms with E-state index in [9.17, 15) is 14.3 Å². The highest BCUT2D eigenvalue weighted by Crippen LogP contribution is 2.10. The van der Waals surface area contributed by atoms with E-state index in [1.165, 1.54) is 6.92 Å². The molecule has 10 heavy (non-hydrogen) atoms. The van der Waals surface area contributed by atoms with Crippen LogP contribution in [0, 0.1) is 0 Å². The van der Waals surface area contributed by atoms with Crippen molar-refractivity contribution in [2.24, 2.45) is 0 Å². The minimum atomic E-state index is -2.24. The molecule has 0 N–H and O–H groups in total. The summed E-state index contributed by atoms with van der Waals surface area (Å²) in [6.07, 6.45) is 2.02. The Morgan fingerprint density at radius 2 is 2.10 bits per heavy atom. The third kappa shape index (κ3) is 7.73. The van der Waals surface area contributed by atoms with Gasteiger partial charge in [0.15, 0.2) is 0 Å². The molecule has 3 nitrogen and oxygen atoms in total. The first-order chi connectivity index (χ1) is 4.63.